The van der Waals surface area contributed by atoms with Gasteiger partial charge in [-0.25, -0.2) is 0 Å². The summed E-state index contributed by atoms with van der Waals surface area (Å²) in [6.45, 7) is 4.71. The number of carbonyl (C=O) groups is 2. The van der Waals surface area contributed by atoms with Gasteiger partial charge in [-0.1, -0.05) is 72.8 Å². The maximum absolute atomic E-state index is 14.1. The molecule has 5 rings (SSSR count). The fourth-order valence-electron chi connectivity index (χ4n) is 5.10. The summed E-state index contributed by atoms with van der Waals surface area (Å²) in [4.78, 5) is 28.8. The van der Waals surface area contributed by atoms with Gasteiger partial charge in [-0.15, -0.1) is 0 Å². The second-order valence-electron chi connectivity index (χ2n) is 10.2. The number of carbonyl (C=O) groups excluding carboxylic acids is 2. The van der Waals surface area contributed by atoms with Gasteiger partial charge in [0.2, 0.25) is 11.8 Å². The summed E-state index contributed by atoms with van der Waals surface area (Å²) in [5.41, 5.74) is 5.18. The number of ether oxygens (including phenoxy) is 1. The Bertz CT molecular complexity index is 1480. The second-order valence-corrected chi connectivity index (χ2v) is 10.2. The van der Waals surface area contributed by atoms with E-state index in [-0.39, 0.29) is 11.8 Å². The maximum atomic E-state index is 14.1. The standard InChI is InChI=1S/C33H35N3O3/c1-22-13-14-25-11-7-8-12-28(25)29(22)20-36-31-19-27(39-21-24-9-5-4-6-10-24)17-15-26(31)16-18-30(33(36)38)35-32(37)23(2)34-3/h4-15,17,19,23,30,34H,16,18,20-21H2,1-3H3,(H,35,37)/t23-,30?/m0/s1. The number of aryl methyl sites for hydroxylation is 2. The van der Waals surface area contributed by atoms with Gasteiger partial charge in [-0.05, 0) is 72.8 Å². The molecule has 1 aliphatic heterocycles. The third-order valence-corrected chi connectivity index (χ3v) is 7.60. The van der Waals surface area contributed by atoms with Crippen molar-refractivity contribution < 1.29 is 14.3 Å². The summed E-state index contributed by atoms with van der Waals surface area (Å²) in [5.74, 6) is 0.407. The Morgan fingerprint density at radius 2 is 1.79 bits per heavy atom. The SMILES string of the molecule is CN[C@@H](C)C(=O)NC1CCc2ccc(OCc3ccccc3)cc2N(Cc2c(C)ccc3ccccc23)C1=O. The molecule has 4 aromatic carbocycles. The second kappa shape index (κ2) is 11.7. The van der Waals surface area contributed by atoms with Crippen molar-refractivity contribution in [1.82, 2.24) is 10.6 Å². The molecule has 2 N–H and O–H groups in total. The molecule has 1 heterocycles. The first-order valence-corrected chi connectivity index (χ1v) is 13.5. The minimum atomic E-state index is -0.621. The molecule has 39 heavy (non-hydrogen) atoms. The average molecular weight is 522 g/mol. The Morgan fingerprint density at radius 1 is 1.03 bits per heavy atom. The fourth-order valence-corrected chi connectivity index (χ4v) is 5.10. The van der Waals surface area contributed by atoms with Gasteiger partial charge in [0.25, 0.3) is 0 Å². The Morgan fingerprint density at radius 3 is 2.59 bits per heavy atom. The third-order valence-electron chi connectivity index (χ3n) is 7.60. The molecular formula is C33H35N3O3. The van der Waals surface area contributed by atoms with Crippen molar-refractivity contribution in [3.05, 3.63) is 107 Å². The molecule has 0 saturated carbocycles. The van der Waals surface area contributed by atoms with E-state index in [9.17, 15) is 9.59 Å². The number of nitrogens with one attached hydrogen (secondary N) is 2. The summed E-state index contributed by atoms with van der Waals surface area (Å²) in [5, 5.41) is 8.22. The van der Waals surface area contributed by atoms with Crippen LogP contribution in [0, 0.1) is 6.92 Å². The highest BCUT2D eigenvalue weighted by Gasteiger charge is 2.33. The number of likely N-dealkylation sites (N-methyl/N-ethyl adjacent to an activating group) is 1. The van der Waals surface area contributed by atoms with Crippen LogP contribution in [0.25, 0.3) is 10.8 Å². The predicted molar refractivity (Wildman–Crippen MR) is 156 cm³/mol. The van der Waals surface area contributed by atoms with E-state index < -0.39 is 12.1 Å². The Balaban J connectivity index is 1.52. The number of benzene rings is 4. The van der Waals surface area contributed by atoms with E-state index in [0.717, 1.165) is 38.7 Å². The van der Waals surface area contributed by atoms with E-state index in [1.807, 2.05) is 65.6 Å². The van der Waals surface area contributed by atoms with Crippen LogP contribution in [0.4, 0.5) is 5.69 Å². The maximum Gasteiger partial charge on any atom is 0.249 e. The van der Waals surface area contributed by atoms with Crippen molar-refractivity contribution in [1.29, 1.82) is 0 Å². The summed E-state index contributed by atoms with van der Waals surface area (Å²) in [6.07, 6.45) is 1.20. The normalized spacial score (nSPS) is 15.9. The van der Waals surface area contributed by atoms with Crippen LogP contribution >= 0.6 is 0 Å². The Hall–Kier alpha value is -4.16. The molecule has 200 valence electrons. The topological polar surface area (TPSA) is 70.7 Å². The molecule has 4 aromatic rings. The molecule has 0 radical (unpaired) electrons. The van der Waals surface area contributed by atoms with E-state index >= 15 is 0 Å². The summed E-state index contributed by atoms with van der Waals surface area (Å²) in [7, 11) is 1.74. The summed E-state index contributed by atoms with van der Waals surface area (Å²) in [6, 6.07) is 27.5. The van der Waals surface area contributed by atoms with Crippen LogP contribution in [0.5, 0.6) is 5.75 Å². The molecule has 0 bridgehead atoms. The Labute approximate surface area is 230 Å². The lowest BCUT2D eigenvalue weighted by molar-refractivity contribution is -0.128. The van der Waals surface area contributed by atoms with Crippen LogP contribution in [0.2, 0.25) is 0 Å². The first-order chi connectivity index (χ1) is 18.9. The van der Waals surface area contributed by atoms with Crippen molar-refractivity contribution >= 4 is 28.3 Å². The van der Waals surface area contributed by atoms with E-state index in [1.54, 1.807) is 14.0 Å². The van der Waals surface area contributed by atoms with Gasteiger partial charge in [-0.3, -0.25) is 9.59 Å². The highest BCUT2D eigenvalue weighted by molar-refractivity contribution is 6.01. The highest BCUT2D eigenvalue weighted by atomic mass is 16.5. The molecule has 6 heteroatoms. The van der Waals surface area contributed by atoms with E-state index in [0.29, 0.717) is 31.7 Å². The van der Waals surface area contributed by atoms with Crippen molar-refractivity contribution in [2.45, 2.75) is 51.9 Å². The van der Waals surface area contributed by atoms with E-state index in [4.69, 9.17) is 4.74 Å². The van der Waals surface area contributed by atoms with Crippen LogP contribution in [0.1, 0.15) is 35.6 Å². The number of anilines is 1. The summed E-state index contributed by atoms with van der Waals surface area (Å²) < 4.78 is 6.15. The zero-order valence-electron chi connectivity index (χ0n) is 22.7. The van der Waals surface area contributed by atoms with Crippen LogP contribution < -0.4 is 20.3 Å². The number of nitrogens with zero attached hydrogens (tertiary/aromatic N) is 1. The van der Waals surface area contributed by atoms with Crippen molar-refractivity contribution in [3.8, 4) is 5.75 Å². The molecule has 0 saturated heterocycles. The Kier molecular flexibility index (Phi) is 7.94. The fraction of sp³-hybridized carbons (Fsp3) is 0.273. The van der Waals surface area contributed by atoms with Gasteiger partial charge in [-0.2, -0.15) is 0 Å². The molecule has 0 aliphatic carbocycles. The monoisotopic (exact) mass is 521 g/mol. The number of fused-ring (bicyclic) bond motifs is 2. The third kappa shape index (κ3) is 5.81. The number of amides is 2. The zero-order valence-corrected chi connectivity index (χ0v) is 22.7. The van der Waals surface area contributed by atoms with E-state index in [2.05, 4.69) is 41.8 Å². The largest absolute Gasteiger partial charge is 0.489 e. The number of rotatable bonds is 8. The minimum absolute atomic E-state index is 0.113. The van der Waals surface area contributed by atoms with E-state index in [1.165, 1.54) is 0 Å². The molecule has 1 unspecified atom stereocenters. The molecule has 0 spiro atoms. The number of hydrogen-bond acceptors (Lipinski definition) is 4. The lowest BCUT2D eigenvalue weighted by atomic mass is 9.98. The van der Waals surface area contributed by atoms with Crippen molar-refractivity contribution in [2.75, 3.05) is 11.9 Å². The molecule has 2 amide bonds. The predicted octanol–water partition coefficient (Wildman–Crippen LogP) is 5.30. The molecule has 2 atom stereocenters. The van der Waals surface area contributed by atoms with Gasteiger partial charge in [0, 0.05) is 6.07 Å². The molecular weight excluding hydrogens is 486 g/mol. The molecule has 0 aromatic heterocycles. The van der Waals surface area contributed by atoms with Crippen molar-refractivity contribution in [2.24, 2.45) is 0 Å². The first kappa shape index (κ1) is 26.4. The van der Waals surface area contributed by atoms with Gasteiger partial charge in [0.1, 0.15) is 18.4 Å². The zero-order chi connectivity index (χ0) is 27.4. The van der Waals surface area contributed by atoms with Gasteiger partial charge < -0.3 is 20.3 Å². The molecule has 0 fully saturated rings. The van der Waals surface area contributed by atoms with Gasteiger partial charge in [0.05, 0.1) is 18.3 Å². The van der Waals surface area contributed by atoms with Crippen LogP contribution in [-0.4, -0.2) is 30.9 Å². The van der Waals surface area contributed by atoms with Crippen LogP contribution in [-0.2, 0) is 29.2 Å². The number of hydrogen-bond donors (Lipinski definition) is 2. The molecule has 6 nitrogen and oxygen atoms in total. The van der Waals surface area contributed by atoms with Gasteiger partial charge >= 0.3 is 0 Å². The van der Waals surface area contributed by atoms with Crippen molar-refractivity contribution in [3.63, 3.8) is 0 Å². The molecule has 1 aliphatic rings. The lowest BCUT2D eigenvalue weighted by Gasteiger charge is -2.28. The van der Waals surface area contributed by atoms with Gasteiger partial charge in [0.15, 0.2) is 0 Å². The quantitative estimate of drug-likeness (QED) is 0.330. The lowest BCUT2D eigenvalue weighted by Crippen LogP contribution is -2.52. The average Bonchev–Trinajstić information content (AvgIpc) is 3.09. The summed E-state index contributed by atoms with van der Waals surface area (Å²) >= 11 is 0. The smallest absolute Gasteiger partial charge is 0.249 e. The minimum Gasteiger partial charge on any atom is -0.489 e. The van der Waals surface area contributed by atoms with Crippen LogP contribution in [0.3, 0.4) is 0 Å². The van der Waals surface area contributed by atoms with Crippen LogP contribution in [0.15, 0.2) is 84.9 Å². The highest BCUT2D eigenvalue weighted by Crippen LogP contribution is 2.34. The first-order valence-electron chi connectivity index (χ1n) is 13.5.